The van der Waals surface area contributed by atoms with Gasteiger partial charge in [-0.3, -0.25) is 4.79 Å². The van der Waals surface area contributed by atoms with Gasteiger partial charge < -0.3 is 50.5 Å². The summed E-state index contributed by atoms with van der Waals surface area (Å²) >= 11 is 0. The molecule has 1 aliphatic heterocycles. The zero-order valence-corrected chi connectivity index (χ0v) is 38.2. The van der Waals surface area contributed by atoms with Crippen LogP contribution in [-0.2, 0) is 14.3 Å². The predicted molar refractivity (Wildman–Crippen MR) is 242 cm³/mol. The molecule has 1 aliphatic rings. The lowest BCUT2D eigenvalue weighted by Gasteiger charge is -2.40. The van der Waals surface area contributed by atoms with Gasteiger partial charge in [-0.05, 0) is 64.2 Å². The third-order valence-electron chi connectivity index (χ3n) is 12.0. The van der Waals surface area contributed by atoms with E-state index in [1.807, 2.05) is 0 Å². The quantitative estimate of drug-likeness (QED) is 0.0218. The predicted octanol–water partition coefficient (Wildman–Crippen LogP) is 8.62. The number of nitrogens with one attached hydrogen (secondary N) is 1. The highest BCUT2D eigenvalue weighted by Crippen LogP contribution is 2.23. The topological polar surface area (TPSA) is 189 Å². The Kier molecular flexibility index (Phi) is 37.0. The van der Waals surface area contributed by atoms with Gasteiger partial charge in [-0.25, -0.2) is 0 Å². The minimum Gasteiger partial charge on any atom is -0.394 e. The summed E-state index contributed by atoms with van der Waals surface area (Å²) in [7, 11) is 0. The highest BCUT2D eigenvalue weighted by molar-refractivity contribution is 5.80. The van der Waals surface area contributed by atoms with Crippen LogP contribution in [0.2, 0.25) is 0 Å². The third kappa shape index (κ3) is 28.3. The van der Waals surface area contributed by atoms with E-state index in [2.05, 4.69) is 43.5 Å². The van der Waals surface area contributed by atoms with Crippen molar-refractivity contribution in [1.82, 2.24) is 5.32 Å². The summed E-state index contributed by atoms with van der Waals surface area (Å²) in [5.74, 6) is -0.711. The number of amides is 1. The Morgan fingerprint density at radius 2 is 0.983 bits per heavy atom. The van der Waals surface area contributed by atoms with Crippen molar-refractivity contribution in [1.29, 1.82) is 0 Å². The number of aliphatic hydroxyl groups excluding tert-OH is 7. The molecule has 0 aromatic heterocycles. The number of hydrogen-bond acceptors (Lipinski definition) is 10. The summed E-state index contributed by atoms with van der Waals surface area (Å²) in [4.78, 5) is 13.1. The Morgan fingerprint density at radius 1 is 0.567 bits per heavy atom. The summed E-state index contributed by atoms with van der Waals surface area (Å²) < 4.78 is 11.1. The number of aliphatic hydroxyl groups is 7. The Morgan fingerprint density at radius 3 is 1.43 bits per heavy atom. The van der Waals surface area contributed by atoms with Gasteiger partial charge in [-0.1, -0.05) is 173 Å². The Bertz CT molecular complexity index is 1030. The van der Waals surface area contributed by atoms with E-state index in [-0.39, 0.29) is 12.8 Å². The lowest BCUT2D eigenvalue weighted by Crippen LogP contribution is -2.60. The van der Waals surface area contributed by atoms with E-state index in [0.29, 0.717) is 12.8 Å². The van der Waals surface area contributed by atoms with Crippen molar-refractivity contribution in [3.8, 4) is 0 Å². The number of ether oxygens (including phenoxy) is 2. The molecule has 11 nitrogen and oxygen atoms in total. The fraction of sp³-hybridized carbons (Fsp3) is 0.898. The van der Waals surface area contributed by atoms with Crippen LogP contribution in [0.5, 0.6) is 0 Å². The number of carbonyl (C=O) groups is 1. The molecular weight excluding hydrogens is 763 g/mol. The van der Waals surface area contributed by atoms with Crippen molar-refractivity contribution in [2.24, 2.45) is 0 Å². The molecule has 60 heavy (non-hydrogen) atoms. The van der Waals surface area contributed by atoms with Crippen LogP contribution in [0.25, 0.3) is 0 Å². The van der Waals surface area contributed by atoms with Gasteiger partial charge in [0.25, 0.3) is 0 Å². The van der Waals surface area contributed by atoms with Gasteiger partial charge in [0.05, 0.1) is 25.4 Å². The summed E-state index contributed by atoms with van der Waals surface area (Å²) in [6, 6.07) is -1.18. The second-order valence-corrected chi connectivity index (χ2v) is 17.5. The standard InChI is InChI=1S/C49H93NO10/c1-3-5-7-9-11-13-15-17-19-21-23-24-26-28-30-32-34-36-41(52)44(54)40(39-59-49-47(57)46(56)45(55)43(38-51)60-49)50-48(58)42(53)37-35-33-31-29-27-25-22-20-18-16-14-12-10-8-6-4-2/h18,20,28,30,40-47,49,51-57H,3-17,19,21-27,29,31-39H2,1-2H3,(H,50,58)/b20-18-,30-28+. The first kappa shape index (κ1) is 56.6. The zero-order chi connectivity index (χ0) is 44.1. The molecule has 11 heteroatoms. The van der Waals surface area contributed by atoms with Crippen molar-refractivity contribution in [3.05, 3.63) is 24.3 Å². The first-order valence-corrected chi connectivity index (χ1v) is 24.7. The average molecular weight is 856 g/mol. The average Bonchev–Trinajstić information content (AvgIpc) is 3.25. The van der Waals surface area contributed by atoms with E-state index in [1.54, 1.807) is 0 Å². The van der Waals surface area contributed by atoms with Crippen molar-refractivity contribution in [2.45, 2.75) is 268 Å². The van der Waals surface area contributed by atoms with Crippen LogP contribution in [0.3, 0.4) is 0 Å². The van der Waals surface area contributed by atoms with Gasteiger partial charge in [0.2, 0.25) is 5.91 Å². The van der Waals surface area contributed by atoms with Crippen LogP contribution in [-0.4, -0.2) is 110 Å². The maximum atomic E-state index is 13.1. The van der Waals surface area contributed by atoms with Gasteiger partial charge >= 0.3 is 0 Å². The molecular formula is C49H93NO10. The molecule has 354 valence electrons. The Hall–Kier alpha value is -1.41. The maximum Gasteiger partial charge on any atom is 0.249 e. The smallest absolute Gasteiger partial charge is 0.249 e. The van der Waals surface area contributed by atoms with Gasteiger partial charge in [0.15, 0.2) is 6.29 Å². The van der Waals surface area contributed by atoms with Gasteiger partial charge in [0.1, 0.15) is 36.6 Å². The minimum absolute atomic E-state index is 0.248. The highest BCUT2D eigenvalue weighted by atomic mass is 16.7. The van der Waals surface area contributed by atoms with Crippen LogP contribution < -0.4 is 5.32 Å². The molecule has 0 aromatic rings. The molecule has 1 amide bonds. The molecule has 8 N–H and O–H groups in total. The van der Waals surface area contributed by atoms with E-state index < -0.39 is 74.2 Å². The SMILES string of the molecule is CCCCCCCC/C=C\CCCCCCCCC(O)C(=O)NC(COC1OC(CO)C(O)C(O)C1O)C(O)C(O)CCC/C=C/CCCCCCCCCCCCCC. The molecule has 0 radical (unpaired) electrons. The number of allylic oxidation sites excluding steroid dienone is 4. The second kappa shape index (κ2) is 39.2. The lowest BCUT2D eigenvalue weighted by atomic mass is 9.98. The van der Waals surface area contributed by atoms with E-state index in [0.717, 1.165) is 57.8 Å². The molecule has 1 saturated heterocycles. The van der Waals surface area contributed by atoms with E-state index in [4.69, 9.17) is 9.47 Å². The molecule has 9 unspecified atom stereocenters. The first-order valence-electron chi connectivity index (χ1n) is 24.7. The van der Waals surface area contributed by atoms with Crippen LogP contribution in [0.15, 0.2) is 24.3 Å². The second-order valence-electron chi connectivity index (χ2n) is 17.5. The molecule has 0 bridgehead atoms. The monoisotopic (exact) mass is 856 g/mol. The van der Waals surface area contributed by atoms with Crippen LogP contribution in [0.4, 0.5) is 0 Å². The molecule has 9 atom stereocenters. The summed E-state index contributed by atoms with van der Waals surface area (Å²) in [6.45, 7) is 3.42. The minimum atomic E-state index is -1.67. The summed E-state index contributed by atoms with van der Waals surface area (Å²) in [6.07, 6.45) is 32.2. The van der Waals surface area contributed by atoms with E-state index in [1.165, 1.54) is 116 Å². The van der Waals surface area contributed by atoms with Crippen LogP contribution >= 0.6 is 0 Å². The molecule has 0 aromatic carbocycles. The molecule has 1 fully saturated rings. The normalized spacial score (nSPS) is 21.8. The van der Waals surface area contributed by atoms with Crippen molar-refractivity contribution >= 4 is 5.91 Å². The van der Waals surface area contributed by atoms with E-state index >= 15 is 0 Å². The van der Waals surface area contributed by atoms with Crippen LogP contribution in [0, 0.1) is 0 Å². The van der Waals surface area contributed by atoms with Crippen molar-refractivity contribution in [2.75, 3.05) is 13.2 Å². The summed E-state index contributed by atoms with van der Waals surface area (Å²) in [5, 5.41) is 75.7. The zero-order valence-electron chi connectivity index (χ0n) is 38.2. The molecule has 0 saturated carbocycles. The summed E-state index contributed by atoms with van der Waals surface area (Å²) in [5.41, 5.74) is 0. The lowest BCUT2D eigenvalue weighted by molar-refractivity contribution is -0.303. The number of unbranched alkanes of at least 4 members (excludes halogenated alkanes) is 25. The van der Waals surface area contributed by atoms with Gasteiger partial charge in [-0.2, -0.15) is 0 Å². The fourth-order valence-electron chi connectivity index (χ4n) is 7.85. The largest absolute Gasteiger partial charge is 0.394 e. The van der Waals surface area contributed by atoms with E-state index in [9.17, 15) is 40.5 Å². The number of carbonyl (C=O) groups excluding carboxylic acids is 1. The molecule has 0 aliphatic carbocycles. The highest BCUT2D eigenvalue weighted by Gasteiger charge is 2.44. The Balaban J connectivity index is 2.45. The molecule has 1 heterocycles. The first-order chi connectivity index (χ1) is 29.2. The van der Waals surface area contributed by atoms with Crippen molar-refractivity contribution in [3.63, 3.8) is 0 Å². The van der Waals surface area contributed by atoms with Crippen LogP contribution in [0.1, 0.15) is 213 Å². The van der Waals surface area contributed by atoms with Gasteiger partial charge in [0, 0.05) is 0 Å². The fourth-order valence-corrected chi connectivity index (χ4v) is 7.85. The Labute approximate surface area is 365 Å². The third-order valence-corrected chi connectivity index (χ3v) is 12.0. The van der Waals surface area contributed by atoms with Gasteiger partial charge in [-0.15, -0.1) is 0 Å². The maximum absolute atomic E-state index is 13.1. The molecule has 1 rings (SSSR count). The molecule has 0 spiro atoms. The number of rotatable bonds is 41. The van der Waals surface area contributed by atoms with Crippen molar-refractivity contribution < 1.29 is 50.0 Å². The number of hydrogen-bond donors (Lipinski definition) is 8.